The zero-order chi connectivity index (χ0) is 16.9. The summed E-state index contributed by atoms with van der Waals surface area (Å²) in [5.74, 6) is -1.16. The largest absolute Gasteiger partial charge is 0.480 e. The fraction of sp³-hybridized carbons (Fsp3) is 0.364. The number of carboxylic acids is 1. The number of hydrogen-bond acceptors (Lipinski definition) is 7. The minimum Gasteiger partial charge on any atom is -0.480 e. The molecule has 22 heavy (non-hydrogen) atoms. The average Bonchev–Trinajstić information content (AvgIpc) is 2.42. The van der Waals surface area contributed by atoms with E-state index in [-0.39, 0.29) is 17.9 Å². The summed E-state index contributed by atoms with van der Waals surface area (Å²) in [6.07, 6.45) is 1.40. The molecule has 0 radical (unpaired) electrons. The molecular formula is C11H13N3O7S. The Balaban J connectivity index is 3.08. The van der Waals surface area contributed by atoms with Crippen LogP contribution in [0.25, 0.3) is 0 Å². The molecule has 0 aliphatic carbocycles. The molecule has 2 N–H and O–H groups in total. The van der Waals surface area contributed by atoms with Crippen LogP contribution < -0.4 is 5.32 Å². The summed E-state index contributed by atoms with van der Waals surface area (Å²) in [6, 6.07) is 1.67. The first-order valence-corrected chi connectivity index (χ1v) is 7.67. The number of nitrogens with zero attached hydrogens (tertiary/aromatic N) is 2. The number of carbonyl (C=O) groups is 1. The van der Waals surface area contributed by atoms with Gasteiger partial charge in [-0.05, 0) is 12.5 Å². The van der Waals surface area contributed by atoms with E-state index < -0.39 is 44.0 Å². The smallest absolute Gasteiger partial charge is 0.326 e. The lowest BCUT2D eigenvalue weighted by Gasteiger charge is -2.15. The van der Waals surface area contributed by atoms with Crippen molar-refractivity contribution in [2.45, 2.75) is 12.5 Å². The van der Waals surface area contributed by atoms with Crippen LogP contribution in [0.2, 0.25) is 0 Å². The van der Waals surface area contributed by atoms with E-state index in [1.54, 1.807) is 0 Å². The van der Waals surface area contributed by atoms with Crippen molar-refractivity contribution in [1.82, 2.24) is 0 Å². The molecule has 0 aromatic heterocycles. The van der Waals surface area contributed by atoms with E-state index in [1.807, 2.05) is 0 Å². The highest BCUT2D eigenvalue weighted by atomic mass is 32.2. The van der Waals surface area contributed by atoms with Crippen LogP contribution in [0.15, 0.2) is 18.2 Å². The van der Waals surface area contributed by atoms with Crippen LogP contribution >= 0.6 is 0 Å². The van der Waals surface area contributed by atoms with E-state index in [1.165, 1.54) is 6.26 Å². The van der Waals surface area contributed by atoms with Crippen LogP contribution in [0, 0.1) is 20.2 Å². The minimum atomic E-state index is -1.27. The Bertz CT molecular complexity index is 634. The monoisotopic (exact) mass is 331 g/mol. The third-order valence-electron chi connectivity index (χ3n) is 2.71. The van der Waals surface area contributed by atoms with E-state index in [9.17, 15) is 29.2 Å². The van der Waals surface area contributed by atoms with Crippen molar-refractivity contribution in [1.29, 1.82) is 0 Å². The summed E-state index contributed by atoms with van der Waals surface area (Å²) in [6.45, 7) is 0. The van der Waals surface area contributed by atoms with Gasteiger partial charge in [0.05, 0.1) is 15.9 Å². The molecule has 1 rings (SSSR count). The molecule has 0 saturated carbocycles. The number of nitrogens with one attached hydrogen (secondary N) is 1. The summed E-state index contributed by atoms with van der Waals surface area (Å²) >= 11 is 0. The van der Waals surface area contributed by atoms with Gasteiger partial charge in [-0.25, -0.2) is 4.79 Å². The second kappa shape index (κ2) is 7.45. The summed E-state index contributed by atoms with van der Waals surface area (Å²) in [5, 5.41) is 33.1. The van der Waals surface area contributed by atoms with Gasteiger partial charge in [0.2, 0.25) is 0 Å². The van der Waals surface area contributed by atoms with Gasteiger partial charge in [0.1, 0.15) is 11.7 Å². The minimum absolute atomic E-state index is 0.00735. The maximum Gasteiger partial charge on any atom is 0.326 e. The number of carboxylic acid groups (broad SMARTS) is 1. The number of hydrogen-bond donors (Lipinski definition) is 2. The van der Waals surface area contributed by atoms with Crippen molar-refractivity contribution in [3.63, 3.8) is 0 Å². The van der Waals surface area contributed by atoms with Crippen molar-refractivity contribution in [3.05, 3.63) is 38.4 Å². The predicted octanol–water partition coefficient (Wildman–Crippen LogP) is 1.14. The van der Waals surface area contributed by atoms with Crippen LogP contribution in [0.3, 0.4) is 0 Å². The summed E-state index contributed by atoms with van der Waals surface area (Å²) < 4.78 is 11.0. The Morgan fingerprint density at radius 1 is 1.36 bits per heavy atom. The number of benzene rings is 1. The average molecular weight is 331 g/mol. The summed E-state index contributed by atoms with van der Waals surface area (Å²) in [5.41, 5.74) is -1.22. The summed E-state index contributed by atoms with van der Waals surface area (Å²) in [4.78, 5) is 31.1. The van der Waals surface area contributed by atoms with E-state index in [4.69, 9.17) is 5.11 Å². The van der Waals surface area contributed by atoms with Crippen molar-refractivity contribution in [2.75, 3.05) is 17.3 Å². The molecular weight excluding hydrogens is 318 g/mol. The van der Waals surface area contributed by atoms with E-state index in [2.05, 4.69) is 5.32 Å². The number of nitro groups is 2. The molecule has 10 nitrogen and oxygen atoms in total. The Labute approximate surface area is 126 Å². The normalized spacial score (nSPS) is 13.1. The van der Waals surface area contributed by atoms with E-state index >= 15 is 0 Å². The second-order valence-electron chi connectivity index (χ2n) is 4.32. The highest BCUT2D eigenvalue weighted by Gasteiger charge is 2.24. The number of non-ortho nitro benzene ring substituents is 1. The molecule has 0 fully saturated rings. The molecule has 0 bridgehead atoms. The number of nitro benzene ring substituents is 2. The van der Waals surface area contributed by atoms with Crippen molar-refractivity contribution in [2.24, 2.45) is 0 Å². The van der Waals surface area contributed by atoms with Gasteiger partial charge < -0.3 is 10.4 Å². The molecule has 0 unspecified atom stereocenters. The predicted molar refractivity (Wildman–Crippen MR) is 78.3 cm³/mol. The van der Waals surface area contributed by atoms with Gasteiger partial charge in [-0.3, -0.25) is 24.4 Å². The van der Waals surface area contributed by atoms with Crippen LogP contribution in [0.4, 0.5) is 17.1 Å². The quantitative estimate of drug-likeness (QED) is 0.531. The highest BCUT2D eigenvalue weighted by molar-refractivity contribution is 7.84. The molecule has 0 heterocycles. The maximum atomic E-state index is 11.1. The van der Waals surface area contributed by atoms with Crippen LogP contribution in [-0.4, -0.2) is 43.2 Å². The molecule has 11 heteroatoms. The van der Waals surface area contributed by atoms with Crippen molar-refractivity contribution < 1.29 is 24.0 Å². The van der Waals surface area contributed by atoms with Gasteiger partial charge in [-0.2, -0.15) is 0 Å². The van der Waals surface area contributed by atoms with Crippen molar-refractivity contribution in [3.8, 4) is 0 Å². The van der Waals surface area contributed by atoms with Crippen LogP contribution in [0.5, 0.6) is 0 Å². The van der Waals surface area contributed by atoms with E-state index in [0.717, 1.165) is 18.2 Å². The molecule has 0 aliphatic heterocycles. The lowest BCUT2D eigenvalue weighted by molar-refractivity contribution is -0.393. The second-order valence-corrected chi connectivity index (χ2v) is 5.87. The number of rotatable bonds is 8. The SMILES string of the molecule is C[S@@](=O)CC[C@@H](Nc1ccc([N+](=O)[O-])cc1[N+](=O)[O-])C(=O)O. The van der Waals surface area contributed by atoms with Crippen LogP contribution in [-0.2, 0) is 15.6 Å². The highest BCUT2D eigenvalue weighted by Crippen LogP contribution is 2.29. The zero-order valence-electron chi connectivity index (χ0n) is 11.4. The van der Waals surface area contributed by atoms with Gasteiger partial charge in [0.15, 0.2) is 0 Å². The molecule has 2 atom stereocenters. The fourth-order valence-corrected chi connectivity index (χ4v) is 2.20. The van der Waals surface area contributed by atoms with E-state index in [0.29, 0.717) is 0 Å². The molecule has 1 aromatic carbocycles. The Morgan fingerprint density at radius 3 is 2.45 bits per heavy atom. The van der Waals surface area contributed by atoms with Gasteiger partial charge in [0.25, 0.3) is 11.4 Å². The Kier molecular flexibility index (Phi) is 5.92. The fourth-order valence-electron chi connectivity index (χ4n) is 1.64. The van der Waals surface area contributed by atoms with Gasteiger partial charge in [-0.1, -0.05) is 0 Å². The van der Waals surface area contributed by atoms with Gasteiger partial charge >= 0.3 is 5.97 Å². The first-order chi connectivity index (χ1) is 10.2. The Morgan fingerprint density at radius 2 is 2.00 bits per heavy atom. The van der Waals surface area contributed by atoms with Gasteiger partial charge in [0, 0.05) is 28.9 Å². The molecule has 120 valence electrons. The van der Waals surface area contributed by atoms with Crippen molar-refractivity contribution >= 4 is 33.8 Å². The topological polar surface area (TPSA) is 153 Å². The van der Waals surface area contributed by atoms with Gasteiger partial charge in [-0.15, -0.1) is 0 Å². The third kappa shape index (κ3) is 4.77. The molecule has 0 amide bonds. The zero-order valence-corrected chi connectivity index (χ0v) is 12.2. The molecule has 1 aromatic rings. The lowest BCUT2D eigenvalue weighted by atomic mass is 10.2. The lowest BCUT2D eigenvalue weighted by Crippen LogP contribution is -2.31. The number of anilines is 1. The molecule has 0 aliphatic rings. The van der Waals surface area contributed by atoms with Crippen LogP contribution in [0.1, 0.15) is 6.42 Å². The molecule has 0 saturated heterocycles. The molecule has 0 spiro atoms. The maximum absolute atomic E-state index is 11.1. The summed E-state index contributed by atoms with van der Waals surface area (Å²) in [7, 11) is -1.21. The number of aliphatic carboxylic acids is 1. The first kappa shape index (κ1) is 17.5. The Hall–Kier alpha value is -2.56. The third-order valence-corrected chi connectivity index (χ3v) is 3.52. The first-order valence-electron chi connectivity index (χ1n) is 5.94. The standard InChI is InChI=1S/C11H13N3O7S/c1-22(21)5-4-9(11(15)16)12-8-3-2-7(13(17)18)6-10(8)14(19)20/h2-3,6,9,12H,4-5H2,1H3,(H,15,16)/t9-,22-/m1/s1.